The molecule has 6 nitrogen and oxygen atoms in total. The number of rotatable bonds is 7. The van der Waals surface area contributed by atoms with Crippen molar-refractivity contribution in [2.75, 3.05) is 45.2 Å². The number of anilines is 1. The SMILES string of the molecule is COc1ccc(CCC(=O)N2CCN(CC(=O)Nc3cc(C)cc(C)c3)CC2)cc1. The smallest absolute Gasteiger partial charge is 0.238 e. The summed E-state index contributed by atoms with van der Waals surface area (Å²) in [5, 5.41) is 2.98. The highest BCUT2D eigenvalue weighted by atomic mass is 16.5. The highest BCUT2D eigenvalue weighted by molar-refractivity contribution is 5.92. The quantitative estimate of drug-likeness (QED) is 0.764. The molecule has 1 aliphatic heterocycles. The predicted octanol–water partition coefficient (Wildman–Crippen LogP) is 3.03. The van der Waals surface area contributed by atoms with Crippen molar-refractivity contribution in [2.24, 2.45) is 0 Å². The summed E-state index contributed by atoms with van der Waals surface area (Å²) in [6, 6.07) is 13.9. The van der Waals surface area contributed by atoms with E-state index >= 15 is 0 Å². The maximum Gasteiger partial charge on any atom is 0.238 e. The molecule has 0 unspecified atom stereocenters. The monoisotopic (exact) mass is 409 g/mol. The minimum absolute atomic E-state index is 0.0146. The van der Waals surface area contributed by atoms with Crippen LogP contribution in [0, 0.1) is 13.8 Å². The van der Waals surface area contributed by atoms with Gasteiger partial charge in [0, 0.05) is 38.3 Å². The molecule has 0 saturated carbocycles. The van der Waals surface area contributed by atoms with Crippen LogP contribution in [0.4, 0.5) is 5.69 Å². The van der Waals surface area contributed by atoms with Crippen molar-refractivity contribution < 1.29 is 14.3 Å². The maximum atomic E-state index is 12.5. The Kier molecular flexibility index (Phi) is 7.46. The number of carbonyl (C=O) groups is 2. The highest BCUT2D eigenvalue weighted by Gasteiger charge is 2.22. The third kappa shape index (κ3) is 6.32. The molecule has 0 spiro atoms. The third-order valence-electron chi connectivity index (χ3n) is 5.38. The number of aryl methyl sites for hydroxylation is 3. The summed E-state index contributed by atoms with van der Waals surface area (Å²) >= 11 is 0. The fourth-order valence-electron chi connectivity index (χ4n) is 3.81. The minimum Gasteiger partial charge on any atom is -0.497 e. The van der Waals surface area contributed by atoms with E-state index in [4.69, 9.17) is 4.74 Å². The van der Waals surface area contributed by atoms with E-state index in [1.165, 1.54) is 0 Å². The van der Waals surface area contributed by atoms with E-state index in [1.807, 2.05) is 55.1 Å². The first-order valence-corrected chi connectivity index (χ1v) is 10.4. The number of nitrogens with zero attached hydrogens (tertiary/aromatic N) is 2. The van der Waals surface area contributed by atoms with Crippen molar-refractivity contribution in [3.05, 3.63) is 59.2 Å². The molecule has 2 amide bonds. The largest absolute Gasteiger partial charge is 0.497 e. The van der Waals surface area contributed by atoms with E-state index < -0.39 is 0 Å². The number of methoxy groups -OCH3 is 1. The summed E-state index contributed by atoms with van der Waals surface area (Å²) in [4.78, 5) is 28.9. The molecular formula is C24H31N3O3. The molecule has 1 N–H and O–H groups in total. The molecule has 1 fully saturated rings. The van der Waals surface area contributed by atoms with E-state index in [9.17, 15) is 9.59 Å². The van der Waals surface area contributed by atoms with Gasteiger partial charge in [-0.1, -0.05) is 18.2 Å². The zero-order valence-electron chi connectivity index (χ0n) is 18.1. The standard InChI is InChI=1S/C24H31N3O3/c1-18-14-19(2)16-21(15-18)25-23(28)17-26-10-12-27(13-11-26)24(29)9-6-20-4-7-22(30-3)8-5-20/h4-5,7-8,14-16H,6,9-13,17H2,1-3H3,(H,25,28). The summed E-state index contributed by atoms with van der Waals surface area (Å²) in [6.07, 6.45) is 1.22. The number of amides is 2. The van der Waals surface area contributed by atoms with Crippen LogP contribution in [0.1, 0.15) is 23.1 Å². The van der Waals surface area contributed by atoms with E-state index in [0.29, 0.717) is 39.1 Å². The van der Waals surface area contributed by atoms with E-state index in [1.54, 1.807) is 7.11 Å². The van der Waals surface area contributed by atoms with E-state index in [0.717, 1.165) is 34.5 Å². The predicted molar refractivity (Wildman–Crippen MR) is 119 cm³/mol. The van der Waals surface area contributed by atoms with Crippen molar-refractivity contribution in [2.45, 2.75) is 26.7 Å². The molecule has 1 saturated heterocycles. The van der Waals surface area contributed by atoms with Crippen molar-refractivity contribution in [3.63, 3.8) is 0 Å². The Morgan fingerprint density at radius 1 is 0.967 bits per heavy atom. The lowest BCUT2D eigenvalue weighted by Crippen LogP contribution is -2.50. The average Bonchev–Trinajstić information content (AvgIpc) is 2.72. The van der Waals surface area contributed by atoms with Gasteiger partial charge in [0.05, 0.1) is 13.7 Å². The Morgan fingerprint density at radius 2 is 1.60 bits per heavy atom. The molecule has 1 heterocycles. The number of benzene rings is 2. The van der Waals surface area contributed by atoms with Gasteiger partial charge < -0.3 is 15.0 Å². The fourth-order valence-corrected chi connectivity index (χ4v) is 3.81. The zero-order valence-corrected chi connectivity index (χ0v) is 18.1. The van der Waals surface area contributed by atoms with Gasteiger partial charge in [-0.2, -0.15) is 0 Å². The first kappa shape index (κ1) is 21.8. The van der Waals surface area contributed by atoms with E-state index in [2.05, 4.69) is 16.3 Å². The lowest BCUT2D eigenvalue weighted by molar-refractivity contribution is -0.133. The van der Waals surface area contributed by atoms with Gasteiger partial charge in [0.1, 0.15) is 5.75 Å². The Balaban J connectivity index is 1.40. The Hall–Kier alpha value is -2.86. The van der Waals surface area contributed by atoms with Crippen LogP contribution in [0.15, 0.2) is 42.5 Å². The third-order valence-corrected chi connectivity index (χ3v) is 5.38. The molecule has 0 aliphatic carbocycles. The van der Waals surface area contributed by atoms with Crippen LogP contribution in [-0.2, 0) is 16.0 Å². The average molecular weight is 410 g/mol. The Morgan fingerprint density at radius 3 is 2.20 bits per heavy atom. The molecule has 2 aromatic rings. The van der Waals surface area contributed by atoms with Crippen molar-refractivity contribution in [3.8, 4) is 5.75 Å². The molecule has 1 aliphatic rings. The fraction of sp³-hybridized carbons (Fsp3) is 0.417. The molecule has 6 heteroatoms. The maximum absolute atomic E-state index is 12.5. The van der Waals surface area contributed by atoms with Gasteiger partial charge in [-0.15, -0.1) is 0 Å². The first-order valence-electron chi connectivity index (χ1n) is 10.4. The van der Waals surface area contributed by atoms with Crippen LogP contribution in [0.25, 0.3) is 0 Å². The molecule has 0 atom stereocenters. The van der Waals surface area contributed by atoms with Crippen molar-refractivity contribution in [1.29, 1.82) is 0 Å². The lowest BCUT2D eigenvalue weighted by Gasteiger charge is -2.34. The van der Waals surface area contributed by atoms with Gasteiger partial charge in [0.2, 0.25) is 11.8 Å². The second-order valence-corrected chi connectivity index (χ2v) is 7.93. The molecule has 160 valence electrons. The minimum atomic E-state index is -0.0146. The summed E-state index contributed by atoms with van der Waals surface area (Å²) in [6.45, 7) is 7.15. The summed E-state index contributed by atoms with van der Waals surface area (Å²) in [5.74, 6) is 0.979. The van der Waals surface area contributed by atoms with Crippen LogP contribution in [0.3, 0.4) is 0 Å². The lowest BCUT2D eigenvalue weighted by atomic mass is 10.1. The zero-order chi connectivity index (χ0) is 21.5. The Labute approximate surface area is 178 Å². The highest BCUT2D eigenvalue weighted by Crippen LogP contribution is 2.15. The van der Waals surface area contributed by atoms with Crippen molar-refractivity contribution in [1.82, 2.24) is 9.80 Å². The number of piperazine rings is 1. The van der Waals surface area contributed by atoms with Crippen molar-refractivity contribution >= 4 is 17.5 Å². The van der Waals surface area contributed by atoms with Crippen LogP contribution in [0.2, 0.25) is 0 Å². The second kappa shape index (κ2) is 10.3. The normalized spacial score (nSPS) is 14.4. The van der Waals surface area contributed by atoms with Gasteiger partial charge in [0.15, 0.2) is 0 Å². The number of ether oxygens (including phenoxy) is 1. The first-order chi connectivity index (χ1) is 14.4. The number of hydrogen-bond donors (Lipinski definition) is 1. The molecule has 0 radical (unpaired) electrons. The van der Waals surface area contributed by atoms with Gasteiger partial charge >= 0.3 is 0 Å². The Bertz CT molecular complexity index is 852. The number of nitrogens with one attached hydrogen (secondary N) is 1. The second-order valence-electron chi connectivity index (χ2n) is 7.93. The topological polar surface area (TPSA) is 61.9 Å². The molecule has 3 rings (SSSR count). The molecule has 0 aromatic heterocycles. The van der Waals surface area contributed by atoms with Gasteiger partial charge in [-0.3, -0.25) is 14.5 Å². The van der Waals surface area contributed by atoms with Crippen LogP contribution in [-0.4, -0.2) is 61.4 Å². The number of carbonyl (C=O) groups excluding carboxylic acids is 2. The summed E-state index contributed by atoms with van der Waals surface area (Å²) < 4.78 is 5.16. The van der Waals surface area contributed by atoms with Gasteiger partial charge in [0.25, 0.3) is 0 Å². The van der Waals surface area contributed by atoms with Crippen LogP contribution < -0.4 is 10.1 Å². The molecule has 30 heavy (non-hydrogen) atoms. The van der Waals surface area contributed by atoms with Gasteiger partial charge in [-0.25, -0.2) is 0 Å². The molecule has 2 aromatic carbocycles. The van der Waals surface area contributed by atoms with Gasteiger partial charge in [-0.05, 0) is 61.2 Å². The van der Waals surface area contributed by atoms with Crippen LogP contribution >= 0.6 is 0 Å². The molecular weight excluding hydrogens is 378 g/mol. The summed E-state index contributed by atoms with van der Waals surface area (Å²) in [7, 11) is 1.64. The van der Waals surface area contributed by atoms with E-state index in [-0.39, 0.29) is 11.8 Å². The summed E-state index contributed by atoms with van der Waals surface area (Å²) in [5.41, 5.74) is 4.23. The number of hydrogen-bond acceptors (Lipinski definition) is 4. The van der Waals surface area contributed by atoms with Crippen LogP contribution in [0.5, 0.6) is 5.75 Å². The molecule has 0 bridgehead atoms.